The maximum Gasteiger partial charge on any atom is 0.175 e. The second-order valence-electron chi connectivity index (χ2n) is 4.45. The van der Waals surface area contributed by atoms with Gasteiger partial charge in [-0.2, -0.15) is 4.80 Å². The average Bonchev–Trinajstić information content (AvgIpc) is 2.82. The number of aliphatic hydroxyl groups excluding tert-OH is 2. The van der Waals surface area contributed by atoms with Crippen LogP contribution in [0.2, 0.25) is 5.02 Å². The number of tetrazole rings is 1. The lowest BCUT2D eigenvalue weighted by atomic mass is 9.78. The third-order valence-electron chi connectivity index (χ3n) is 3.10. The molecule has 0 fully saturated rings. The molecule has 0 radical (unpaired) electrons. The second-order valence-corrected chi connectivity index (χ2v) is 4.86. The van der Waals surface area contributed by atoms with Crippen LogP contribution in [-0.4, -0.2) is 43.6 Å². The van der Waals surface area contributed by atoms with Gasteiger partial charge in [0.15, 0.2) is 5.82 Å². The van der Waals surface area contributed by atoms with Gasteiger partial charge in [-0.05, 0) is 16.8 Å². The van der Waals surface area contributed by atoms with Crippen molar-refractivity contribution in [2.45, 2.75) is 11.8 Å². The number of aryl methyl sites for hydroxylation is 1. The van der Waals surface area contributed by atoms with Crippen molar-refractivity contribution in [2.75, 3.05) is 13.2 Å². The quantitative estimate of drug-likeness (QED) is 0.826. The summed E-state index contributed by atoms with van der Waals surface area (Å²) in [6.45, 7) is -0.517. The zero-order valence-corrected chi connectivity index (χ0v) is 11.2. The van der Waals surface area contributed by atoms with Crippen molar-refractivity contribution in [3.63, 3.8) is 0 Å². The molecule has 19 heavy (non-hydrogen) atoms. The van der Waals surface area contributed by atoms with E-state index in [4.69, 9.17) is 11.6 Å². The largest absolute Gasteiger partial charge is 0.395 e. The summed E-state index contributed by atoms with van der Waals surface area (Å²) in [7, 11) is 1.66. The van der Waals surface area contributed by atoms with E-state index in [0.717, 1.165) is 0 Å². The number of benzene rings is 1. The predicted octanol–water partition coefficient (Wildman–Crippen LogP) is 0.329. The van der Waals surface area contributed by atoms with Crippen LogP contribution in [0, 0.1) is 0 Å². The Morgan fingerprint density at radius 2 is 1.95 bits per heavy atom. The lowest BCUT2D eigenvalue weighted by Crippen LogP contribution is -2.38. The van der Waals surface area contributed by atoms with Crippen molar-refractivity contribution in [1.29, 1.82) is 0 Å². The summed E-state index contributed by atoms with van der Waals surface area (Å²) in [5.74, 6) is 0.450. The molecule has 2 rings (SSSR count). The molecule has 0 bridgehead atoms. The highest BCUT2D eigenvalue weighted by atomic mass is 35.5. The summed E-state index contributed by atoms with van der Waals surface area (Å²) in [4.78, 5) is 1.33. The third-order valence-corrected chi connectivity index (χ3v) is 3.43. The Hall–Kier alpha value is -1.50. The smallest absolute Gasteiger partial charge is 0.175 e. The van der Waals surface area contributed by atoms with Crippen molar-refractivity contribution in [2.24, 2.45) is 7.05 Å². The Kier molecular flexibility index (Phi) is 4.14. The molecule has 6 nitrogen and oxygen atoms in total. The summed E-state index contributed by atoms with van der Waals surface area (Å²) in [6, 6.07) is 7.11. The fourth-order valence-electron chi connectivity index (χ4n) is 2.02. The van der Waals surface area contributed by atoms with E-state index in [1.807, 2.05) is 6.07 Å². The first-order chi connectivity index (χ1) is 9.11. The molecule has 0 aliphatic rings. The molecule has 0 unspecified atom stereocenters. The number of halogens is 1. The highest BCUT2D eigenvalue weighted by Crippen LogP contribution is 2.32. The number of nitrogens with zero attached hydrogens (tertiary/aromatic N) is 4. The van der Waals surface area contributed by atoms with Crippen LogP contribution in [-0.2, 0) is 18.9 Å². The van der Waals surface area contributed by atoms with Crippen molar-refractivity contribution in [3.8, 4) is 0 Å². The Morgan fingerprint density at radius 1 is 1.26 bits per heavy atom. The summed E-state index contributed by atoms with van der Waals surface area (Å²) in [5.41, 5.74) is -0.240. The molecule has 1 aromatic heterocycles. The van der Waals surface area contributed by atoms with Crippen LogP contribution in [0.15, 0.2) is 24.3 Å². The van der Waals surface area contributed by atoms with Gasteiger partial charge >= 0.3 is 0 Å². The molecule has 0 saturated heterocycles. The molecule has 7 heteroatoms. The minimum atomic E-state index is -0.915. The van der Waals surface area contributed by atoms with Gasteiger partial charge in [-0.15, -0.1) is 10.2 Å². The molecule has 0 saturated carbocycles. The first-order valence-electron chi connectivity index (χ1n) is 5.81. The zero-order chi connectivity index (χ0) is 13.9. The van der Waals surface area contributed by atoms with E-state index < -0.39 is 5.41 Å². The molecule has 0 aliphatic carbocycles. The molecule has 102 valence electrons. The van der Waals surface area contributed by atoms with Crippen LogP contribution in [0.1, 0.15) is 11.4 Å². The van der Waals surface area contributed by atoms with Crippen LogP contribution < -0.4 is 0 Å². The first kappa shape index (κ1) is 13.9. The van der Waals surface area contributed by atoms with E-state index in [2.05, 4.69) is 15.4 Å². The molecule has 1 aromatic carbocycles. The number of aliphatic hydroxyl groups is 2. The molecule has 0 amide bonds. The van der Waals surface area contributed by atoms with Gasteiger partial charge in [0.05, 0.1) is 25.7 Å². The van der Waals surface area contributed by atoms with Crippen LogP contribution >= 0.6 is 11.6 Å². The van der Waals surface area contributed by atoms with Crippen LogP contribution in [0.25, 0.3) is 0 Å². The fraction of sp³-hybridized carbons (Fsp3) is 0.417. The number of hydrogen-bond acceptors (Lipinski definition) is 5. The molecular weight excluding hydrogens is 268 g/mol. The minimum Gasteiger partial charge on any atom is -0.395 e. The van der Waals surface area contributed by atoms with Gasteiger partial charge in [-0.25, -0.2) is 0 Å². The Morgan fingerprint density at radius 3 is 2.47 bits per heavy atom. The lowest BCUT2D eigenvalue weighted by molar-refractivity contribution is 0.114. The molecular formula is C12H15ClN4O2. The Bertz CT molecular complexity index is 554. The van der Waals surface area contributed by atoms with Crippen molar-refractivity contribution >= 4 is 11.6 Å². The molecule has 0 aliphatic heterocycles. The van der Waals surface area contributed by atoms with Crippen LogP contribution in [0.5, 0.6) is 0 Å². The van der Waals surface area contributed by atoms with E-state index in [-0.39, 0.29) is 19.6 Å². The highest BCUT2D eigenvalue weighted by molar-refractivity contribution is 6.31. The van der Waals surface area contributed by atoms with E-state index >= 15 is 0 Å². The third kappa shape index (κ3) is 2.75. The van der Waals surface area contributed by atoms with Crippen LogP contribution in [0.3, 0.4) is 0 Å². The molecule has 2 N–H and O–H groups in total. The van der Waals surface area contributed by atoms with Crippen molar-refractivity contribution in [1.82, 2.24) is 20.2 Å². The SMILES string of the molecule is Cn1nnc(CC(CO)(CO)c2ccccc2Cl)n1. The zero-order valence-electron chi connectivity index (χ0n) is 10.5. The van der Waals surface area contributed by atoms with E-state index in [1.165, 1.54) is 4.80 Å². The monoisotopic (exact) mass is 282 g/mol. The summed E-state index contributed by atoms with van der Waals surface area (Å²) >= 11 is 6.15. The van der Waals surface area contributed by atoms with Gasteiger partial charge in [0.1, 0.15) is 0 Å². The Balaban J connectivity index is 2.40. The molecule has 0 spiro atoms. The van der Waals surface area contributed by atoms with Crippen LogP contribution in [0.4, 0.5) is 0 Å². The van der Waals surface area contributed by atoms with Gasteiger partial charge in [-0.1, -0.05) is 29.8 Å². The molecule has 1 heterocycles. The molecule has 0 atom stereocenters. The predicted molar refractivity (Wildman–Crippen MR) is 69.8 cm³/mol. The van der Waals surface area contributed by atoms with E-state index in [1.54, 1.807) is 25.2 Å². The highest BCUT2D eigenvalue weighted by Gasteiger charge is 2.34. The lowest BCUT2D eigenvalue weighted by Gasteiger charge is -2.29. The Labute approximate surface area is 115 Å². The number of hydrogen-bond donors (Lipinski definition) is 2. The first-order valence-corrected chi connectivity index (χ1v) is 6.19. The van der Waals surface area contributed by atoms with E-state index in [0.29, 0.717) is 16.4 Å². The molecule has 2 aromatic rings. The average molecular weight is 283 g/mol. The maximum atomic E-state index is 9.72. The summed E-state index contributed by atoms with van der Waals surface area (Å²) in [6.07, 6.45) is 0.261. The summed E-state index contributed by atoms with van der Waals surface area (Å²) in [5, 5.41) is 31.6. The number of aromatic nitrogens is 4. The van der Waals surface area contributed by atoms with Gasteiger partial charge in [0, 0.05) is 11.4 Å². The topological polar surface area (TPSA) is 84.1 Å². The van der Waals surface area contributed by atoms with E-state index in [9.17, 15) is 10.2 Å². The summed E-state index contributed by atoms with van der Waals surface area (Å²) < 4.78 is 0. The van der Waals surface area contributed by atoms with Crippen molar-refractivity contribution < 1.29 is 10.2 Å². The van der Waals surface area contributed by atoms with Gasteiger partial charge < -0.3 is 10.2 Å². The standard InChI is InChI=1S/C12H15ClN4O2/c1-17-15-11(14-16-17)6-12(7-18,8-19)9-4-2-3-5-10(9)13/h2-5,18-19H,6-8H2,1H3. The normalized spacial score (nSPS) is 11.8. The number of rotatable bonds is 5. The second kappa shape index (κ2) is 5.64. The van der Waals surface area contributed by atoms with Crippen molar-refractivity contribution in [3.05, 3.63) is 40.7 Å². The maximum absolute atomic E-state index is 9.72. The van der Waals surface area contributed by atoms with Gasteiger partial charge in [0.2, 0.25) is 0 Å². The van der Waals surface area contributed by atoms with Gasteiger partial charge in [0.25, 0.3) is 0 Å². The minimum absolute atomic E-state index is 0.258. The fourth-order valence-corrected chi connectivity index (χ4v) is 2.35. The van der Waals surface area contributed by atoms with Gasteiger partial charge in [-0.3, -0.25) is 0 Å².